The zero-order chi connectivity index (χ0) is 15.2. The monoisotopic (exact) mass is 326 g/mol. The molecule has 1 atom stereocenters. The SMILES string of the molecule is Cc1c(Cl)nnc(Cl)c1C[C@H](CO)OCc1ccccc1. The van der Waals surface area contributed by atoms with Gasteiger partial charge in [-0.2, -0.15) is 0 Å². The largest absolute Gasteiger partial charge is 0.394 e. The molecule has 0 aliphatic heterocycles. The molecule has 6 heteroatoms. The number of aliphatic hydroxyl groups is 1. The Labute approximate surface area is 133 Å². The lowest BCUT2D eigenvalue weighted by Crippen LogP contribution is -2.21. The van der Waals surface area contributed by atoms with Crippen molar-refractivity contribution in [3.63, 3.8) is 0 Å². The van der Waals surface area contributed by atoms with Crippen LogP contribution < -0.4 is 0 Å². The first kappa shape index (κ1) is 16.2. The van der Waals surface area contributed by atoms with Crippen LogP contribution in [0.1, 0.15) is 16.7 Å². The molecular weight excluding hydrogens is 311 g/mol. The molecule has 2 rings (SSSR count). The third kappa shape index (κ3) is 4.38. The molecule has 21 heavy (non-hydrogen) atoms. The fourth-order valence-electron chi connectivity index (χ4n) is 1.93. The van der Waals surface area contributed by atoms with Crippen molar-refractivity contribution in [1.82, 2.24) is 10.2 Å². The van der Waals surface area contributed by atoms with Crippen LogP contribution >= 0.6 is 23.2 Å². The van der Waals surface area contributed by atoms with Crippen LogP contribution in [0, 0.1) is 6.92 Å². The first-order chi connectivity index (χ1) is 10.1. The summed E-state index contributed by atoms with van der Waals surface area (Å²) < 4.78 is 5.73. The minimum absolute atomic E-state index is 0.109. The van der Waals surface area contributed by atoms with Gasteiger partial charge in [0, 0.05) is 12.0 Å². The molecule has 0 amide bonds. The van der Waals surface area contributed by atoms with Gasteiger partial charge in [0.2, 0.25) is 0 Å². The summed E-state index contributed by atoms with van der Waals surface area (Å²) in [7, 11) is 0. The Bertz CT molecular complexity index is 594. The molecule has 0 bridgehead atoms. The molecule has 0 spiro atoms. The lowest BCUT2D eigenvalue weighted by molar-refractivity contribution is 0.00305. The molecule has 0 aliphatic carbocycles. The second-order valence-corrected chi connectivity index (χ2v) is 5.41. The van der Waals surface area contributed by atoms with Crippen LogP contribution in [-0.2, 0) is 17.8 Å². The third-order valence-electron chi connectivity index (χ3n) is 3.20. The van der Waals surface area contributed by atoms with Gasteiger partial charge in [-0.15, -0.1) is 10.2 Å². The maximum atomic E-state index is 9.48. The number of aromatic nitrogens is 2. The molecule has 1 aromatic heterocycles. The van der Waals surface area contributed by atoms with E-state index in [9.17, 15) is 5.11 Å². The maximum absolute atomic E-state index is 9.48. The maximum Gasteiger partial charge on any atom is 0.155 e. The Morgan fingerprint density at radius 1 is 1.14 bits per heavy atom. The molecule has 0 saturated carbocycles. The van der Waals surface area contributed by atoms with E-state index in [1.165, 1.54) is 0 Å². The normalized spacial score (nSPS) is 12.4. The van der Waals surface area contributed by atoms with Crippen molar-refractivity contribution in [1.29, 1.82) is 0 Å². The van der Waals surface area contributed by atoms with Gasteiger partial charge < -0.3 is 9.84 Å². The van der Waals surface area contributed by atoms with E-state index < -0.39 is 0 Å². The summed E-state index contributed by atoms with van der Waals surface area (Å²) in [5.41, 5.74) is 2.56. The molecule has 0 unspecified atom stereocenters. The van der Waals surface area contributed by atoms with Crippen LogP contribution in [0.3, 0.4) is 0 Å². The van der Waals surface area contributed by atoms with Crippen LogP contribution in [-0.4, -0.2) is 28.0 Å². The number of aliphatic hydroxyl groups excluding tert-OH is 1. The topological polar surface area (TPSA) is 55.2 Å². The van der Waals surface area contributed by atoms with Crippen LogP contribution in [0.15, 0.2) is 30.3 Å². The predicted octanol–water partition coefficient (Wildman–Crippen LogP) is 3.21. The number of hydrogen-bond acceptors (Lipinski definition) is 4. The van der Waals surface area contributed by atoms with E-state index in [1.54, 1.807) is 0 Å². The molecule has 1 N–H and O–H groups in total. The predicted molar refractivity (Wildman–Crippen MR) is 82.6 cm³/mol. The highest BCUT2D eigenvalue weighted by molar-refractivity contribution is 6.32. The van der Waals surface area contributed by atoms with Gasteiger partial charge in [-0.3, -0.25) is 0 Å². The van der Waals surface area contributed by atoms with E-state index in [0.29, 0.717) is 23.3 Å². The highest BCUT2D eigenvalue weighted by Gasteiger charge is 2.16. The van der Waals surface area contributed by atoms with E-state index >= 15 is 0 Å². The lowest BCUT2D eigenvalue weighted by atomic mass is 10.1. The smallest absolute Gasteiger partial charge is 0.155 e. The highest BCUT2D eigenvalue weighted by Crippen LogP contribution is 2.24. The number of halogens is 2. The van der Waals surface area contributed by atoms with Crippen LogP contribution in [0.4, 0.5) is 0 Å². The summed E-state index contributed by atoms with van der Waals surface area (Å²) >= 11 is 12.0. The number of ether oxygens (including phenoxy) is 1. The molecule has 1 heterocycles. The van der Waals surface area contributed by atoms with Gasteiger partial charge in [-0.25, -0.2) is 0 Å². The minimum Gasteiger partial charge on any atom is -0.394 e. The van der Waals surface area contributed by atoms with Gasteiger partial charge in [0.15, 0.2) is 10.3 Å². The fourth-order valence-corrected chi connectivity index (χ4v) is 2.34. The molecule has 4 nitrogen and oxygen atoms in total. The number of hydrogen-bond donors (Lipinski definition) is 1. The van der Waals surface area contributed by atoms with Gasteiger partial charge in [-0.05, 0) is 18.1 Å². The molecule has 0 fully saturated rings. The van der Waals surface area contributed by atoms with Crippen molar-refractivity contribution in [2.45, 2.75) is 26.1 Å². The van der Waals surface area contributed by atoms with E-state index in [0.717, 1.165) is 16.7 Å². The Kier molecular flexibility index (Phi) is 5.94. The quantitative estimate of drug-likeness (QED) is 0.885. The number of nitrogens with zero attached hydrogens (tertiary/aromatic N) is 2. The van der Waals surface area contributed by atoms with Gasteiger partial charge in [-0.1, -0.05) is 53.5 Å². The average Bonchev–Trinajstić information content (AvgIpc) is 2.51. The summed E-state index contributed by atoms with van der Waals surface area (Å²) in [6.07, 6.45) is 0.0603. The van der Waals surface area contributed by atoms with Crippen LogP contribution in [0.2, 0.25) is 10.3 Å². The Balaban J connectivity index is 2.04. The van der Waals surface area contributed by atoms with Crippen molar-refractivity contribution in [3.05, 3.63) is 57.3 Å². The molecule has 1 aromatic carbocycles. The van der Waals surface area contributed by atoms with Crippen molar-refractivity contribution in [2.24, 2.45) is 0 Å². The van der Waals surface area contributed by atoms with Crippen molar-refractivity contribution >= 4 is 23.2 Å². The van der Waals surface area contributed by atoms with E-state index in [1.807, 2.05) is 37.3 Å². The van der Waals surface area contributed by atoms with Gasteiger partial charge in [0.1, 0.15) is 0 Å². The molecule has 0 aliphatic rings. The van der Waals surface area contributed by atoms with Crippen LogP contribution in [0.25, 0.3) is 0 Å². The molecule has 2 aromatic rings. The summed E-state index contributed by atoms with van der Waals surface area (Å²) in [5, 5.41) is 17.6. The zero-order valence-electron chi connectivity index (χ0n) is 11.6. The van der Waals surface area contributed by atoms with E-state index in [-0.39, 0.29) is 12.7 Å². The summed E-state index contributed by atoms with van der Waals surface area (Å²) in [5.74, 6) is 0. The van der Waals surface area contributed by atoms with Gasteiger partial charge >= 0.3 is 0 Å². The highest BCUT2D eigenvalue weighted by atomic mass is 35.5. The van der Waals surface area contributed by atoms with Crippen molar-refractivity contribution in [3.8, 4) is 0 Å². The summed E-state index contributed by atoms with van der Waals surface area (Å²) in [6.45, 7) is 2.14. The second-order valence-electron chi connectivity index (χ2n) is 4.69. The Hall–Kier alpha value is -1.20. The number of benzene rings is 1. The van der Waals surface area contributed by atoms with E-state index in [2.05, 4.69) is 10.2 Å². The fraction of sp³-hybridized carbons (Fsp3) is 0.333. The molecule has 0 radical (unpaired) electrons. The summed E-state index contributed by atoms with van der Waals surface area (Å²) in [4.78, 5) is 0. The van der Waals surface area contributed by atoms with Crippen molar-refractivity contribution in [2.75, 3.05) is 6.61 Å². The second kappa shape index (κ2) is 7.71. The standard InChI is InChI=1S/C15H16Cl2N2O2/c1-10-13(15(17)19-18-14(10)16)7-12(8-20)21-9-11-5-3-2-4-6-11/h2-6,12,20H,7-9H2,1H3/t12-/m1/s1. The average molecular weight is 327 g/mol. The molecule has 112 valence electrons. The first-order valence-electron chi connectivity index (χ1n) is 6.55. The summed E-state index contributed by atoms with van der Waals surface area (Å²) in [6, 6.07) is 9.77. The van der Waals surface area contributed by atoms with Gasteiger partial charge in [0.05, 0.1) is 19.3 Å². The number of rotatable bonds is 6. The molecule has 0 saturated heterocycles. The van der Waals surface area contributed by atoms with Crippen LogP contribution in [0.5, 0.6) is 0 Å². The molecular formula is C15H16Cl2N2O2. The first-order valence-corrected chi connectivity index (χ1v) is 7.31. The van der Waals surface area contributed by atoms with Gasteiger partial charge in [0.25, 0.3) is 0 Å². The lowest BCUT2D eigenvalue weighted by Gasteiger charge is -2.17. The minimum atomic E-state index is -0.373. The Morgan fingerprint density at radius 3 is 2.48 bits per heavy atom. The Morgan fingerprint density at radius 2 is 1.81 bits per heavy atom. The van der Waals surface area contributed by atoms with E-state index in [4.69, 9.17) is 27.9 Å². The third-order valence-corrected chi connectivity index (χ3v) is 3.86. The van der Waals surface area contributed by atoms with Crippen molar-refractivity contribution < 1.29 is 9.84 Å². The zero-order valence-corrected chi connectivity index (χ0v) is 13.1.